The smallest absolute Gasteiger partial charge is 0.340 e. The number of aryl methyl sites for hydroxylation is 1. The fourth-order valence-electron chi connectivity index (χ4n) is 3.02. The van der Waals surface area contributed by atoms with Gasteiger partial charge in [-0.15, -0.1) is 0 Å². The molecule has 1 aliphatic heterocycles. The first-order valence-electron chi connectivity index (χ1n) is 8.63. The molecule has 8 heteroatoms. The Morgan fingerprint density at radius 1 is 1.35 bits per heavy atom. The number of sulfone groups is 1. The second-order valence-electron chi connectivity index (χ2n) is 7.11. The van der Waals surface area contributed by atoms with Crippen LogP contribution in [-0.2, 0) is 19.4 Å². The molecule has 0 saturated carbocycles. The van der Waals surface area contributed by atoms with Crippen LogP contribution in [0.15, 0.2) is 18.2 Å². The van der Waals surface area contributed by atoms with Crippen molar-refractivity contribution in [1.82, 2.24) is 4.90 Å². The molecule has 1 aromatic carbocycles. The third-order valence-electron chi connectivity index (χ3n) is 4.40. The number of hydrogen-bond acceptors (Lipinski definition) is 6. The van der Waals surface area contributed by atoms with E-state index in [1.165, 1.54) is 4.90 Å². The second-order valence-corrected chi connectivity index (χ2v) is 9.34. The Bertz CT molecular complexity index is 789. The topological polar surface area (TPSA) is 107 Å². The normalized spacial score (nSPS) is 18.7. The summed E-state index contributed by atoms with van der Waals surface area (Å²) in [7, 11) is -3.11. The van der Waals surface area contributed by atoms with Crippen LogP contribution in [0.5, 0.6) is 0 Å². The van der Waals surface area contributed by atoms with Gasteiger partial charge in [0, 0.05) is 18.3 Å². The fraction of sp³-hybridized carbons (Fsp3) is 0.556. The Hall–Kier alpha value is -2.09. The van der Waals surface area contributed by atoms with Crippen molar-refractivity contribution in [2.75, 3.05) is 30.4 Å². The number of ether oxygens (including phenoxy) is 1. The van der Waals surface area contributed by atoms with Crippen LogP contribution in [-0.4, -0.2) is 55.9 Å². The first-order valence-corrected chi connectivity index (χ1v) is 10.4. The standard InChI is InChI=1S/C18H26N2O5S/c1-12(2)9-20(14-7-8-26(23,24)11-14)16(21)10-25-18(22)15-6-4-5-13(3)17(15)19/h4-6,12,14H,7-11,19H2,1-3H3/t14-/m0/s1. The number of hydrogen-bond donors (Lipinski definition) is 1. The zero-order chi connectivity index (χ0) is 19.5. The molecule has 1 heterocycles. The summed E-state index contributed by atoms with van der Waals surface area (Å²) in [5, 5.41) is 0. The molecule has 0 bridgehead atoms. The van der Waals surface area contributed by atoms with E-state index < -0.39 is 22.4 Å². The molecule has 1 fully saturated rings. The number of nitrogen functional groups attached to an aromatic ring is 1. The molecule has 2 rings (SSSR count). The van der Waals surface area contributed by atoms with Crippen molar-refractivity contribution in [3.8, 4) is 0 Å². The van der Waals surface area contributed by atoms with Crippen LogP contribution in [0.1, 0.15) is 36.2 Å². The van der Waals surface area contributed by atoms with Crippen LogP contribution < -0.4 is 5.73 Å². The molecule has 1 amide bonds. The van der Waals surface area contributed by atoms with Gasteiger partial charge >= 0.3 is 5.97 Å². The number of nitrogens with two attached hydrogens (primary N) is 1. The maximum absolute atomic E-state index is 12.6. The summed E-state index contributed by atoms with van der Waals surface area (Å²) in [6, 6.07) is 4.66. The van der Waals surface area contributed by atoms with Gasteiger partial charge in [0.2, 0.25) is 0 Å². The lowest BCUT2D eigenvalue weighted by molar-refractivity contribution is -0.137. The van der Waals surface area contributed by atoms with Gasteiger partial charge in [0.25, 0.3) is 5.91 Å². The number of anilines is 1. The van der Waals surface area contributed by atoms with Gasteiger partial charge < -0.3 is 15.4 Å². The first-order chi connectivity index (χ1) is 12.1. The molecule has 1 aliphatic rings. The monoisotopic (exact) mass is 382 g/mol. The summed E-state index contributed by atoms with van der Waals surface area (Å²) >= 11 is 0. The number of rotatable bonds is 6. The molecule has 0 aromatic heterocycles. The highest BCUT2D eigenvalue weighted by Crippen LogP contribution is 2.20. The minimum Gasteiger partial charge on any atom is -0.452 e. The van der Waals surface area contributed by atoms with Crippen molar-refractivity contribution in [1.29, 1.82) is 0 Å². The maximum Gasteiger partial charge on any atom is 0.340 e. The van der Waals surface area contributed by atoms with Crippen LogP contribution in [0.25, 0.3) is 0 Å². The molecule has 2 N–H and O–H groups in total. The van der Waals surface area contributed by atoms with Crippen molar-refractivity contribution in [2.45, 2.75) is 33.2 Å². The van der Waals surface area contributed by atoms with E-state index in [4.69, 9.17) is 10.5 Å². The molecule has 0 spiro atoms. The molecule has 1 atom stereocenters. The molecule has 1 saturated heterocycles. The quantitative estimate of drug-likeness (QED) is 0.589. The SMILES string of the molecule is Cc1cccc(C(=O)OCC(=O)N(CC(C)C)[C@H]2CCS(=O)(=O)C2)c1N. The molecule has 26 heavy (non-hydrogen) atoms. The largest absolute Gasteiger partial charge is 0.452 e. The van der Waals surface area contributed by atoms with E-state index in [0.717, 1.165) is 5.56 Å². The summed E-state index contributed by atoms with van der Waals surface area (Å²) in [5.41, 5.74) is 7.18. The predicted octanol–water partition coefficient (Wildman–Crippen LogP) is 1.41. The Morgan fingerprint density at radius 2 is 2.04 bits per heavy atom. The Kier molecular flexibility index (Phi) is 6.28. The predicted molar refractivity (Wildman–Crippen MR) is 99.5 cm³/mol. The van der Waals surface area contributed by atoms with Crippen molar-refractivity contribution in [3.05, 3.63) is 29.3 Å². The van der Waals surface area contributed by atoms with E-state index in [0.29, 0.717) is 18.7 Å². The molecule has 0 radical (unpaired) electrons. The third-order valence-corrected chi connectivity index (χ3v) is 6.15. The number of amides is 1. The van der Waals surface area contributed by atoms with Crippen molar-refractivity contribution in [2.24, 2.45) is 5.92 Å². The Labute approximate surface area is 154 Å². The number of carbonyl (C=O) groups is 2. The highest BCUT2D eigenvalue weighted by Gasteiger charge is 2.35. The number of carbonyl (C=O) groups excluding carboxylic acids is 2. The van der Waals surface area contributed by atoms with Crippen LogP contribution in [0.3, 0.4) is 0 Å². The zero-order valence-electron chi connectivity index (χ0n) is 15.4. The highest BCUT2D eigenvalue weighted by molar-refractivity contribution is 7.91. The van der Waals surface area contributed by atoms with E-state index >= 15 is 0 Å². The molecule has 1 aromatic rings. The summed E-state index contributed by atoms with van der Waals surface area (Å²) in [4.78, 5) is 26.3. The van der Waals surface area contributed by atoms with Crippen molar-refractivity contribution >= 4 is 27.4 Å². The first kappa shape index (κ1) is 20.2. The molecule has 0 unspecified atom stereocenters. The van der Waals surface area contributed by atoms with E-state index in [-0.39, 0.29) is 34.9 Å². The lowest BCUT2D eigenvalue weighted by atomic mass is 10.1. The molecule has 144 valence electrons. The summed E-state index contributed by atoms with van der Waals surface area (Å²) in [6.07, 6.45) is 0.416. The van der Waals surface area contributed by atoms with Gasteiger partial charge in [-0.05, 0) is 30.9 Å². The van der Waals surface area contributed by atoms with E-state index in [2.05, 4.69) is 0 Å². The van der Waals surface area contributed by atoms with Gasteiger partial charge in [-0.3, -0.25) is 4.79 Å². The molecule has 0 aliphatic carbocycles. The van der Waals surface area contributed by atoms with Gasteiger partial charge in [-0.25, -0.2) is 13.2 Å². The van der Waals surface area contributed by atoms with Gasteiger partial charge in [0.1, 0.15) is 0 Å². The number of esters is 1. The van der Waals surface area contributed by atoms with Gasteiger partial charge in [-0.1, -0.05) is 26.0 Å². The number of nitrogens with zero attached hydrogens (tertiary/aromatic N) is 1. The van der Waals surface area contributed by atoms with E-state index in [9.17, 15) is 18.0 Å². The highest BCUT2D eigenvalue weighted by atomic mass is 32.2. The average Bonchev–Trinajstić information content (AvgIpc) is 2.92. The van der Waals surface area contributed by atoms with Gasteiger partial charge in [0.05, 0.1) is 17.1 Å². The summed E-state index contributed by atoms with van der Waals surface area (Å²) < 4.78 is 28.6. The zero-order valence-corrected chi connectivity index (χ0v) is 16.2. The van der Waals surface area contributed by atoms with Crippen molar-refractivity contribution < 1.29 is 22.7 Å². The lowest BCUT2D eigenvalue weighted by Crippen LogP contribution is -2.45. The second kappa shape index (κ2) is 8.07. The van der Waals surface area contributed by atoms with Crippen LogP contribution >= 0.6 is 0 Å². The minimum atomic E-state index is -3.11. The average molecular weight is 382 g/mol. The van der Waals surface area contributed by atoms with E-state index in [1.54, 1.807) is 25.1 Å². The third kappa shape index (κ3) is 4.97. The van der Waals surface area contributed by atoms with Gasteiger partial charge in [0.15, 0.2) is 16.4 Å². The maximum atomic E-state index is 12.6. The van der Waals surface area contributed by atoms with E-state index in [1.807, 2.05) is 13.8 Å². The van der Waals surface area contributed by atoms with Crippen LogP contribution in [0.4, 0.5) is 5.69 Å². The Morgan fingerprint density at radius 3 is 2.62 bits per heavy atom. The van der Waals surface area contributed by atoms with Crippen LogP contribution in [0.2, 0.25) is 0 Å². The molecule has 7 nitrogen and oxygen atoms in total. The Balaban J connectivity index is 2.05. The number of benzene rings is 1. The molecular formula is C18H26N2O5S. The lowest BCUT2D eigenvalue weighted by Gasteiger charge is -2.29. The fourth-order valence-corrected chi connectivity index (χ4v) is 4.75. The van der Waals surface area contributed by atoms with Crippen molar-refractivity contribution in [3.63, 3.8) is 0 Å². The number of para-hydroxylation sites is 1. The van der Waals surface area contributed by atoms with Crippen LogP contribution in [0, 0.1) is 12.8 Å². The minimum absolute atomic E-state index is 0.0375. The molecular weight excluding hydrogens is 356 g/mol. The van der Waals surface area contributed by atoms with Gasteiger partial charge in [-0.2, -0.15) is 0 Å². The summed E-state index contributed by atoms with van der Waals surface area (Å²) in [6.45, 7) is 5.66. The summed E-state index contributed by atoms with van der Waals surface area (Å²) in [5.74, 6) is -0.836.